The smallest absolute Gasteiger partial charge is 0.305 e. The fourth-order valence-corrected chi connectivity index (χ4v) is 3.04. The summed E-state index contributed by atoms with van der Waals surface area (Å²) in [6.45, 7) is 2.91. The molecule has 0 aromatic heterocycles. The highest BCUT2D eigenvalue weighted by Crippen LogP contribution is 2.30. The zero-order chi connectivity index (χ0) is 13.7. The van der Waals surface area contributed by atoms with Crippen molar-refractivity contribution < 1.29 is 9.90 Å². The molecule has 3 heteroatoms. The summed E-state index contributed by atoms with van der Waals surface area (Å²) in [4.78, 5) is 13.2. The lowest BCUT2D eigenvalue weighted by Crippen LogP contribution is -2.40. The maximum Gasteiger partial charge on any atom is 0.305 e. The van der Waals surface area contributed by atoms with Crippen LogP contribution in [-0.2, 0) is 4.79 Å². The zero-order valence-corrected chi connectivity index (χ0v) is 11.6. The standard InChI is InChI=1S/C16H23NO2/c1-13-6-5-9-15(12-13)17(11-10-16(18)19)14-7-3-2-4-8-14/h2-4,7-8,13,15H,5-6,9-12H2,1H3,(H,18,19). The number of carboxylic acids is 1. The highest BCUT2D eigenvalue weighted by molar-refractivity contribution is 5.67. The highest BCUT2D eigenvalue weighted by atomic mass is 16.4. The third-order valence-corrected chi connectivity index (χ3v) is 4.00. The Morgan fingerprint density at radius 3 is 2.68 bits per heavy atom. The molecule has 2 rings (SSSR count). The Bertz CT molecular complexity index is 404. The lowest BCUT2D eigenvalue weighted by Gasteiger charge is -2.38. The molecule has 19 heavy (non-hydrogen) atoms. The topological polar surface area (TPSA) is 40.5 Å². The monoisotopic (exact) mass is 261 g/mol. The summed E-state index contributed by atoms with van der Waals surface area (Å²) < 4.78 is 0. The van der Waals surface area contributed by atoms with Crippen molar-refractivity contribution in [1.82, 2.24) is 0 Å². The summed E-state index contributed by atoms with van der Waals surface area (Å²) in [6, 6.07) is 10.7. The van der Waals surface area contributed by atoms with Gasteiger partial charge in [0.05, 0.1) is 6.42 Å². The number of aliphatic carboxylic acids is 1. The largest absolute Gasteiger partial charge is 0.481 e. The Balaban J connectivity index is 2.11. The quantitative estimate of drug-likeness (QED) is 0.881. The zero-order valence-electron chi connectivity index (χ0n) is 11.6. The van der Waals surface area contributed by atoms with E-state index >= 15 is 0 Å². The molecule has 0 spiro atoms. The Hall–Kier alpha value is -1.51. The van der Waals surface area contributed by atoms with Crippen LogP contribution in [0.1, 0.15) is 39.0 Å². The molecule has 2 unspecified atom stereocenters. The normalized spacial score (nSPS) is 23.0. The second-order valence-corrected chi connectivity index (χ2v) is 5.60. The van der Waals surface area contributed by atoms with Crippen molar-refractivity contribution in [1.29, 1.82) is 0 Å². The average molecular weight is 261 g/mol. The van der Waals surface area contributed by atoms with Gasteiger partial charge in [0.1, 0.15) is 0 Å². The molecule has 104 valence electrons. The summed E-state index contributed by atoms with van der Waals surface area (Å²) in [5.41, 5.74) is 1.16. The van der Waals surface area contributed by atoms with E-state index < -0.39 is 5.97 Å². The van der Waals surface area contributed by atoms with Crippen molar-refractivity contribution in [2.45, 2.75) is 45.1 Å². The van der Waals surface area contributed by atoms with E-state index in [9.17, 15) is 4.79 Å². The summed E-state index contributed by atoms with van der Waals surface area (Å²) in [7, 11) is 0. The third kappa shape index (κ3) is 3.98. The molecule has 3 nitrogen and oxygen atoms in total. The van der Waals surface area contributed by atoms with Crippen LogP contribution >= 0.6 is 0 Å². The minimum atomic E-state index is -0.718. The fraction of sp³-hybridized carbons (Fsp3) is 0.562. The minimum absolute atomic E-state index is 0.208. The first-order valence-electron chi connectivity index (χ1n) is 7.20. The molecule has 1 fully saturated rings. The van der Waals surface area contributed by atoms with Gasteiger partial charge in [0, 0.05) is 18.3 Å². The number of rotatable bonds is 5. The first kappa shape index (κ1) is 13.9. The predicted octanol–water partition coefficient (Wildman–Crippen LogP) is 3.55. The van der Waals surface area contributed by atoms with Gasteiger partial charge in [-0.15, -0.1) is 0 Å². The number of hydrogen-bond donors (Lipinski definition) is 1. The Labute approximate surface area is 115 Å². The fourth-order valence-electron chi connectivity index (χ4n) is 3.04. The van der Waals surface area contributed by atoms with E-state index in [0.29, 0.717) is 12.6 Å². The van der Waals surface area contributed by atoms with Crippen LogP contribution in [0.5, 0.6) is 0 Å². The Morgan fingerprint density at radius 2 is 2.05 bits per heavy atom. The molecule has 0 radical (unpaired) electrons. The molecule has 0 amide bonds. The van der Waals surface area contributed by atoms with Crippen LogP contribution in [0.2, 0.25) is 0 Å². The van der Waals surface area contributed by atoms with Crippen LogP contribution in [0.4, 0.5) is 5.69 Å². The van der Waals surface area contributed by atoms with Gasteiger partial charge in [-0.25, -0.2) is 0 Å². The number of carbonyl (C=O) groups is 1. The Morgan fingerprint density at radius 1 is 1.32 bits per heavy atom. The van der Waals surface area contributed by atoms with Gasteiger partial charge in [-0.3, -0.25) is 4.79 Å². The lowest BCUT2D eigenvalue weighted by atomic mass is 9.86. The van der Waals surface area contributed by atoms with Crippen LogP contribution in [0.25, 0.3) is 0 Å². The summed E-state index contributed by atoms with van der Waals surface area (Å²) >= 11 is 0. The van der Waals surface area contributed by atoms with Gasteiger partial charge in [-0.2, -0.15) is 0 Å². The molecular weight excluding hydrogens is 238 g/mol. The van der Waals surface area contributed by atoms with Crippen LogP contribution in [0.15, 0.2) is 30.3 Å². The van der Waals surface area contributed by atoms with Gasteiger partial charge < -0.3 is 10.0 Å². The molecule has 1 N–H and O–H groups in total. The van der Waals surface area contributed by atoms with E-state index in [1.54, 1.807) is 0 Å². The molecular formula is C16H23NO2. The first-order chi connectivity index (χ1) is 9.16. The van der Waals surface area contributed by atoms with Gasteiger partial charge in [-0.1, -0.05) is 38.0 Å². The maximum absolute atomic E-state index is 10.9. The highest BCUT2D eigenvalue weighted by Gasteiger charge is 2.25. The second-order valence-electron chi connectivity index (χ2n) is 5.60. The molecule has 0 heterocycles. The van der Waals surface area contributed by atoms with E-state index in [1.807, 2.05) is 18.2 Å². The van der Waals surface area contributed by atoms with E-state index in [0.717, 1.165) is 11.6 Å². The number of para-hydroxylation sites is 1. The van der Waals surface area contributed by atoms with Crippen LogP contribution in [0, 0.1) is 5.92 Å². The number of anilines is 1. The molecule has 1 aliphatic rings. The van der Waals surface area contributed by atoms with Crippen molar-refractivity contribution in [3.63, 3.8) is 0 Å². The second kappa shape index (κ2) is 6.60. The third-order valence-electron chi connectivity index (χ3n) is 4.00. The predicted molar refractivity (Wildman–Crippen MR) is 77.5 cm³/mol. The lowest BCUT2D eigenvalue weighted by molar-refractivity contribution is -0.136. The van der Waals surface area contributed by atoms with Crippen molar-refractivity contribution in [2.75, 3.05) is 11.4 Å². The average Bonchev–Trinajstić information content (AvgIpc) is 2.40. The van der Waals surface area contributed by atoms with Crippen LogP contribution < -0.4 is 4.90 Å². The Kier molecular flexibility index (Phi) is 4.83. The van der Waals surface area contributed by atoms with Crippen molar-refractivity contribution in [2.24, 2.45) is 5.92 Å². The van der Waals surface area contributed by atoms with E-state index in [1.165, 1.54) is 25.7 Å². The van der Waals surface area contributed by atoms with E-state index in [2.05, 4.69) is 24.0 Å². The molecule has 1 saturated carbocycles. The van der Waals surface area contributed by atoms with Crippen LogP contribution in [0.3, 0.4) is 0 Å². The number of nitrogens with zero attached hydrogens (tertiary/aromatic N) is 1. The van der Waals surface area contributed by atoms with Gasteiger partial charge >= 0.3 is 5.97 Å². The van der Waals surface area contributed by atoms with Gasteiger partial charge in [0.25, 0.3) is 0 Å². The number of hydrogen-bond acceptors (Lipinski definition) is 2. The van der Waals surface area contributed by atoms with Gasteiger partial charge in [0.15, 0.2) is 0 Å². The summed E-state index contributed by atoms with van der Waals surface area (Å²) in [5.74, 6) is 0.0274. The van der Waals surface area contributed by atoms with Crippen molar-refractivity contribution >= 4 is 11.7 Å². The number of benzene rings is 1. The molecule has 0 bridgehead atoms. The molecule has 2 atom stereocenters. The number of carboxylic acid groups (broad SMARTS) is 1. The first-order valence-corrected chi connectivity index (χ1v) is 7.20. The molecule has 0 aliphatic heterocycles. The summed E-state index contributed by atoms with van der Waals surface area (Å²) in [5, 5.41) is 8.93. The van der Waals surface area contributed by atoms with Crippen molar-refractivity contribution in [3.05, 3.63) is 30.3 Å². The van der Waals surface area contributed by atoms with Crippen molar-refractivity contribution in [3.8, 4) is 0 Å². The molecule has 0 saturated heterocycles. The SMILES string of the molecule is CC1CCCC(N(CCC(=O)O)c2ccccc2)C1. The minimum Gasteiger partial charge on any atom is -0.481 e. The van der Waals surface area contributed by atoms with E-state index in [4.69, 9.17) is 5.11 Å². The van der Waals surface area contributed by atoms with Gasteiger partial charge in [0.2, 0.25) is 0 Å². The van der Waals surface area contributed by atoms with Crippen LogP contribution in [-0.4, -0.2) is 23.7 Å². The maximum atomic E-state index is 10.9. The van der Waals surface area contributed by atoms with Gasteiger partial charge in [-0.05, 0) is 30.9 Å². The molecule has 1 aromatic carbocycles. The molecule has 1 aromatic rings. The van der Waals surface area contributed by atoms with E-state index in [-0.39, 0.29) is 6.42 Å². The summed E-state index contributed by atoms with van der Waals surface area (Å²) in [6.07, 6.45) is 5.12. The molecule has 1 aliphatic carbocycles.